The Balaban J connectivity index is 1.09. The van der Waals surface area contributed by atoms with Crippen LogP contribution in [-0.2, 0) is 83.2 Å². The van der Waals surface area contributed by atoms with Crippen molar-refractivity contribution in [2.24, 2.45) is 17.4 Å². The molecule has 2 aromatic heterocycles. The minimum Gasteiger partial charge on any atom is -0.508 e. The number of halogens is 1. The van der Waals surface area contributed by atoms with Crippen LogP contribution < -0.4 is 59.3 Å². The maximum Gasteiger partial charge on any atom is 0.252 e. The molecule has 0 aliphatic carbocycles. The quantitative estimate of drug-likeness (QED) is 0.0246. The summed E-state index contributed by atoms with van der Waals surface area (Å²) in [5, 5.41) is 37.7. The number of nitrogens with two attached hydrogens (primary N) is 2. The Morgan fingerprint density at radius 2 is 1.18 bits per heavy atom. The second kappa shape index (κ2) is 42.0. The van der Waals surface area contributed by atoms with Gasteiger partial charge in [0.25, 0.3) is 5.91 Å². The van der Waals surface area contributed by atoms with Crippen LogP contribution in [0.15, 0.2) is 140 Å². The van der Waals surface area contributed by atoms with E-state index in [-0.39, 0.29) is 95.5 Å². The largest absolute Gasteiger partial charge is 0.508 e. The molecule has 30 heteroatoms. The molecular formula is C79H100ClN15O14. The summed E-state index contributed by atoms with van der Waals surface area (Å²) in [6, 6.07) is 20.2. The van der Waals surface area contributed by atoms with E-state index in [1.165, 1.54) is 55.8 Å². The Bertz CT molecular complexity index is 4100. The van der Waals surface area contributed by atoms with Crippen molar-refractivity contribution < 1.29 is 67.4 Å². The van der Waals surface area contributed by atoms with Gasteiger partial charge in [-0.15, -0.1) is 0 Å². The zero-order chi connectivity index (χ0) is 78.5. The molecule has 0 spiro atoms. The molecule has 2 fully saturated rings. The fourth-order valence-electron chi connectivity index (χ4n) is 13.0. The third kappa shape index (κ3) is 25.9. The van der Waals surface area contributed by atoms with Gasteiger partial charge in [-0.3, -0.25) is 67.5 Å². The molecule has 4 heterocycles. The lowest BCUT2D eigenvalue weighted by Crippen LogP contribution is -2.61. The number of carbonyl (C=O) groups excluding carboxylic acids is 12. The van der Waals surface area contributed by atoms with E-state index in [9.17, 15) is 38.7 Å². The van der Waals surface area contributed by atoms with Crippen molar-refractivity contribution in [1.82, 2.24) is 67.6 Å². The summed E-state index contributed by atoms with van der Waals surface area (Å²) in [4.78, 5) is 182. The third-order valence-corrected chi connectivity index (χ3v) is 19.3. The summed E-state index contributed by atoms with van der Waals surface area (Å²) in [7, 11) is 1.35. The number of unbranched alkanes of at least 4 members (excludes halogenated alkanes) is 2. The predicted octanol–water partition coefficient (Wildman–Crippen LogP) is 3.05. The fourth-order valence-corrected chi connectivity index (χ4v) is 13.2. The van der Waals surface area contributed by atoms with E-state index < -0.39 is 138 Å². The van der Waals surface area contributed by atoms with E-state index >= 15 is 24.0 Å². The van der Waals surface area contributed by atoms with Crippen molar-refractivity contribution >= 4 is 93.3 Å². The average Bonchev–Trinajstić information content (AvgIpc) is 1.75. The van der Waals surface area contributed by atoms with Crippen LogP contribution in [0.5, 0.6) is 5.75 Å². The number of fused-ring (bicyclic) bond motifs is 1. The van der Waals surface area contributed by atoms with Gasteiger partial charge in [0.1, 0.15) is 66.2 Å². The molecule has 12 amide bonds. The van der Waals surface area contributed by atoms with Gasteiger partial charge in [0.2, 0.25) is 65.0 Å². The number of pyridine rings is 2. The van der Waals surface area contributed by atoms with Gasteiger partial charge in [-0.25, -0.2) is 0 Å². The van der Waals surface area contributed by atoms with Gasteiger partial charge in [0, 0.05) is 82.2 Å². The molecule has 4 aromatic carbocycles. The number of nitrogens with one attached hydrogen (secondary N) is 9. The van der Waals surface area contributed by atoms with Gasteiger partial charge < -0.3 is 79.0 Å². The molecule has 582 valence electrons. The number of ether oxygens (including phenoxy) is 1. The lowest BCUT2D eigenvalue weighted by Gasteiger charge is -2.33. The molecule has 2 aliphatic rings. The number of phenols is 1. The minimum absolute atomic E-state index is 0.0389. The maximum absolute atomic E-state index is 15.7. The van der Waals surface area contributed by atoms with Crippen molar-refractivity contribution in [3.63, 3.8) is 0 Å². The fraction of sp³-hybridized carbons (Fsp3) is 0.443. The highest BCUT2D eigenvalue weighted by Crippen LogP contribution is 2.24. The summed E-state index contributed by atoms with van der Waals surface area (Å²) >= 11 is 6.34. The van der Waals surface area contributed by atoms with Gasteiger partial charge in [-0.05, 0) is 166 Å². The molecule has 8 rings (SSSR count). The van der Waals surface area contributed by atoms with E-state index in [0.717, 1.165) is 15.7 Å². The Labute approximate surface area is 638 Å². The highest BCUT2D eigenvalue weighted by Gasteiger charge is 2.41. The van der Waals surface area contributed by atoms with Crippen LogP contribution >= 0.6 is 11.6 Å². The standard InChI is InChI=1S/C79H100ClN15O14/c1-48(2)39-61(72(101)90-60(20-7-9-33-81)79(108)95-37-13-21-65(95)75(104)87-49(3)69(82)98)91-71(100)59(19-8-10-36-85-70(99)56-18-12-35-84-46-56)89-76(105)66(44-51-26-31-58(96)32-27-51)94(4)78(107)64(43-53-15-11-34-83-45-53)93-74(103)63(41-50-24-29-57(80)30-25-50)92-73(102)62(42-52-23-28-54-16-5-6-17-55(54)40-52)88-68(97)47-86-77(106)67-22-14-38-109-67/h5-6,11-12,15-18,23-32,34-35,40,45-46,48-49,59-67,96H,7-10,13-14,19-22,33,36-39,41-44,47,81H2,1-4H3,(H2,82,98)(H,85,99)(H,86,106)(H,87,104)(H,88,97)(H,89,105)(H,90,101)(H,91,100)(H,92,102)(H,93,103)/t49-,59-,60+,61+,62-,63-,64-,65+,66+,67+/m1/s1. The first kappa shape index (κ1) is 83.7. The first-order valence-corrected chi connectivity index (χ1v) is 37.4. The first-order chi connectivity index (χ1) is 52.3. The zero-order valence-corrected chi connectivity index (χ0v) is 62.6. The third-order valence-electron chi connectivity index (χ3n) is 19.1. The van der Waals surface area contributed by atoms with Crippen LogP contribution in [-0.4, -0.2) is 196 Å². The van der Waals surface area contributed by atoms with Crippen LogP contribution in [0.3, 0.4) is 0 Å². The van der Waals surface area contributed by atoms with Gasteiger partial charge in [0.05, 0.1) is 12.1 Å². The second-order valence-electron chi connectivity index (χ2n) is 28.0. The minimum atomic E-state index is -1.52. The number of amides is 12. The number of aromatic hydroxyl groups is 1. The Kier molecular flexibility index (Phi) is 32.3. The lowest BCUT2D eigenvalue weighted by atomic mass is 9.98. The van der Waals surface area contributed by atoms with Crippen LogP contribution in [0, 0.1) is 5.92 Å². The number of likely N-dealkylation sites (tertiary alicyclic amines) is 1. The van der Waals surface area contributed by atoms with E-state index in [1.54, 1.807) is 60.7 Å². The highest BCUT2D eigenvalue weighted by molar-refractivity contribution is 6.30. The molecule has 2 aliphatic heterocycles. The molecule has 2 saturated heterocycles. The van der Waals surface area contributed by atoms with Gasteiger partial charge in [0.15, 0.2) is 0 Å². The Hall–Kier alpha value is -10.9. The number of benzene rings is 4. The van der Waals surface area contributed by atoms with E-state index in [2.05, 4.69) is 57.8 Å². The lowest BCUT2D eigenvalue weighted by molar-refractivity contribution is -0.143. The van der Waals surface area contributed by atoms with Crippen LogP contribution in [0.1, 0.15) is 124 Å². The van der Waals surface area contributed by atoms with E-state index in [0.29, 0.717) is 71.6 Å². The van der Waals surface area contributed by atoms with Crippen LogP contribution in [0.4, 0.5) is 0 Å². The highest BCUT2D eigenvalue weighted by atomic mass is 35.5. The number of phenolic OH excluding ortho intramolecular Hbond substituents is 1. The number of rotatable bonds is 40. The molecule has 0 bridgehead atoms. The number of aromatic nitrogens is 2. The van der Waals surface area contributed by atoms with Crippen molar-refractivity contribution in [2.45, 2.75) is 178 Å². The monoisotopic (exact) mass is 1520 g/mol. The molecule has 14 N–H and O–H groups in total. The maximum atomic E-state index is 15.7. The number of primary amides is 1. The molecule has 0 unspecified atom stereocenters. The van der Waals surface area contributed by atoms with Gasteiger partial charge in [-0.2, -0.15) is 0 Å². The number of hydrogen-bond acceptors (Lipinski definition) is 17. The number of hydrogen-bond donors (Lipinski definition) is 12. The normalized spacial score (nSPS) is 16.2. The number of carbonyl (C=O) groups is 12. The molecule has 0 saturated carbocycles. The summed E-state index contributed by atoms with van der Waals surface area (Å²) in [6.45, 7) is 5.55. The molecule has 29 nitrogen and oxygen atoms in total. The van der Waals surface area contributed by atoms with Crippen LogP contribution in [0.2, 0.25) is 5.02 Å². The summed E-state index contributed by atoms with van der Waals surface area (Å²) in [5.74, 6) is -8.80. The van der Waals surface area contributed by atoms with Crippen molar-refractivity contribution in [3.8, 4) is 5.75 Å². The van der Waals surface area contributed by atoms with E-state index in [1.807, 2.05) is 56.3 Å². The van der Waals surface area contributed by atoms with Crippen molar-refractivity contribution in [3.05, 3.63) is 173 Å². The smallest absolute Gasteiger partial charge is 0.252 e. The SMILES string of the molecule is CC(C)C[C@H](NC(=O)[C@@H](CCCCNC(=O)c1cccnc1)NC(=O)[C@H](Cc1ccc(O)cc1)N(C)C(=O)[C@@H](Cc1cccnc1)NC(=O)[C@@H](Cc1ccc(Cl)cc1)NC(=O)[C@@H](Cc1ccc2ccccc2c1)NC(=O)CNC(=O)[C@@H]1CCCO1)C(=O)N[C@@H](CCCCN)C(=O)N1CCC[C@H]1C(=O)N[C@H](C)C(N)=O. The summed E-state index contributed by atoms with van der Waals surface area (Å²) in [6.07, 6.45) is 7.81. The number of likely N-dealkylation sites (N-methyl/N-ethyl adjacent to an activating group) is 1. The van der Waals surface area contributed by atoms with E-state index in [4.69, 9.17) is 27.8 Å². The molecular weight excluding hydrogens is 1420 g/mol. The Morgan fingerprint density at radius 1 is 0.587 bits per heavy atom. The average molecular weight is 1520 g/mol. The first-order valence-electron chi connectivity index (χ1n) is 37.0. The molecule has 0 radical (unpaired) electrons. The van der Waals surface area contributed by atoms with Crippen molar-refractivity contribution in [1.29, 1.82) is 0 Å². The number of nitrogens with zero attached hydrogens (tertiary/aromatic N) is 4. The van der Waals surface area contributed by atoms with Gasteiger partial charge in [-0.1, -0.05) is 98.2 Å². The van der Waals surface area contributed by atoms with Gasteiger partial charge >= 0.3 is 0 Å². The summed E-state index contributed by atoms with van der Waals surface area (Å²) in [5.41, 5.74) is 13.7. The molecule has 109 heavy (non-hydrogen) atoms. The second-order valence-corrected chi connectivity index (χ2v) is 28.4. The molecule has 10 atom stereocenters. The molecule has 6 aromatic rings. The zero-order valence-electron chi connectivity index (χ0n) is 61.8. The Morgan fingerprint density at radius 3 is 1.85 bits per heavy atom. The van der Waals surface area contributed by atoms with Crippen molar-refractivity contribution in [2.75, 3.05) is 39.8 Å². The summed E-state index contributed by atoms with van der Waals surface area (Å²) < 4.78 is 5.50. The topological polar surface area (TPSA) is 427 Å². The van der Waals surface area contributed by atoms with Crippen LogP contribution in [0.25, 0.3) is 10.8 Å². The predicted molar refractivity (Wildman–Crippen MR) is 407 cm³/mol.